The minimum absolute atomic E-state index is 0.678. The number of ether oxygens (including phenoxy) is 2. The second kappa shape index (κ2) is 8.40. The van der Waals surface area contributed by atoms with Crippen molar-refractivity contribution in [2.75, 3.05) is 26.1 Å². The third kappa shape index (κ3) is 4.37. The average molecular weight is 402 g/mol. The lowest BCUT2D eigenvalue weighted by molar-refractivity contribution is 0.398. The van der Waals surface area contributed by atoms with Crippen LogP contribution < -0.4 is 14.8 Å². The van der Waals surface area contributed by atoms with E-state index in [9.17, 15) is 0 Å². The number of nitrogens with one attached hydrogen (secondary N) is 1. The zero-order chi connectivity index (χ0) is 15.9. The molecule has 0 fully saturated rings. The molecule has 8 heteroatoms. The Morgan fingerprint density at radius 1 is 1.32 bits per heavy atom. The maximum Gasteiger partial charge on any atom is 0.206 e. The van der Waals surface area contributed by atoms with Crippen molar-refractivity contribution >= 4 is 44.2 Å². The number of thioether (sulfide) groups is 1. The lowest BCUT2D eigenvalue weighted by Crippen LogP contribution is -1.96. The summed E-state index contributed by atoms with van der Waals surface area (Å²) in [4.78, 5) is 0. The minimum atomic E-state index is 0.678. The Morgan fingerprint density at radius 3 is 2.77 bits per heavy atom. The molecule has 0 aliphatic rings. The standard InChI is InChI=1S/C14H16BrN3O2S2/c1-4-5-16-13-17-18-14(22-13)21-8-9-6-12(20-3)10(15)7-11(9)19-2/h4,6-7H,1,5,8H2,2-3H3,(H,16,17). The van der Waals surface area contributed by atoms with Crippen molar-refractivity contribution in [2.24, 2.45) is 0 Å². The fourth-order valence-electron chi connectivity index (χ4n) is 1.67. The van der Waals surface area contributed by atoms with Crippen LogP contribution in [0.4, 0.5) is 5.13 Å². The van der Waals surface area contributed by atoms with E-state index in [1.165, 1.54) is 11.3 Å². The number of methoxy groups -OCH3 is 2. The van der Waals surface area contributed by atoms with Crippen LogP contribution in [0.15, 0.2) is 33.6 Å². The third-order valence-corrected chi connectivity index (χ3v) is 5.39. The first kappa shape index (κ1) is 17.1. The number of hydrogen-bond acceptors (Lipinski definition) is 7. The van der Waals surface area contributed by atoms with Gasteiger partial charge in [0.2, 0.25) is 5.13 Å². The Balaban J connectivity index is 2.07. The third-order valence-electron chi connectivity index (χ3n) is 2.71. The highest BCUT2D eigenvalue weighted by atomic mass is 79.9. The lowest BCUT2D eigenvalue weighted by atomic mass is 10.2. The molecule has 1 aromatic carbocycles. The van der Waals surface area contributed by atoms with Gasteiger partial charge in [-0.25, -0.2) is 0 Å². The Bertz CT molecular complexity index is 649. The molecule has 1 N–H and O–H groups in total. The second-order valence-electron chi connectivity index (χ2n) is 4.13. The molecule has 0 saturated heterocycles. The van der Waals surface area contributed by atoms with Gasteiger partial charge in [0.15, 0.2) is 4.34 Å². The first-order valence-electron chi connectivity index (χ1n) is 6.39. The van der Waals surface area contributed by atoms with E-state index < -0.39 is 0 Å². The molecule has 2 rings (SSSR count). The van der Waals surface area contributed by atoms with Crippen molar-refractivity contribution in [1.82, 2.24) is 10.2 Å². The van der Waals surface area contributed by atoms with Crippen LogP contribution in [0.1, 0.15) is 5.56 Å². The molecular formula is C14H16BrN3O2S2. The van der Waals surface area contributed by atoms with Crippen LogP contribution in [0.25, 0.3) is 0 Å². The molecule has 0 radical (unpaired) electrons. The summed E-state index contributed by atoms with van der Waals surface area (Å²) in [5, 5.41) is 12.2. The van der Waals surface area contributed by atoms with E-state index in [1.54, 1.807) is 32.1 Å². The summed E-state index contributed by atoms with van der Waals surface area (Å²) in [6.07, 6.45) is 1.78. The Morgan fingerprint density at radius 2 is 2.09 bits per heavy atom. The van der Waals surface area contributed by atoms with Crippen LogP contribution in [0.5, 0.6) is 11.5 Å². The Labute approximate surface area is 146 Å². The number of hydrogen-bond donors (Lipinski definition) is 1. The normalized spacial score (nSPS) is 10.3. The number of benzene rings is 1. The maximum absolute atomic E-state index is 5.42. The summed E-state index contributed by atoms with van der Waals surface area (Å²) >= 11 is 6.59. The molecule has 1 heterocycles. The molecule has 0 aliphatic heterocycles. The van der Waals surface area contributed by atoms with Crippen LogP contribution in [0, 0.1) is 0 Å². The molecular weight excluding hydrogens is 386 g/mol. The topological polar surface area (TPSA) is 56.3 Å². The van der Waals surface area contributed by atoms with Gasteiger partial charge in [-0.1, -0.05) is 29.2 Å². The van der Waals surface area contributed by atoms with Gasteiger partial charge < -0.3 is 14.8 Å². The van der Waals surface area contributed by atoms with Crippen LogP contribution in [0.2, 0.25) is 0 Å². The smallest absolute Gasteiger partial charge is 0.206 e. The molecule has 5 nitrogen and oxygen atoms in total. The fraction of sp³-hybridized carbons (Fsp3) is 0.286. The van der Waals surface area contributed by atoms with Crippen molar-refractivity contribution in [3.8, 4) is 11.5 Å². The molecule has 0 amide bonds. The molecule has 0 aliphatic carbocycles. The van der Waals surface area contributed by atoms with Crippen LogP contribution in [0.3, 0.4) is 0 Å². The van der Waals surface area contributed by atoms with E-state index >= 15 is 0 Å². The van der Waals surface area contributed by atoms with Gasteiger partial charge in [0.1, 0.15) is 11.5 Å². The van der Waals surface area contributed by atoms with E-state index in [2.05, 4.69) is 38.0 Å². The van der Waals surface area contributed by atoms with Gasteiger partial charge in [-0.05, 0) is 28.1 Å². The fourth-order valence-corrected chi connectivity index (χ4v) is 3.90. The summed E-state index contributed by atoms with van der Waals surface area (Å²) in [6, 6.07) is 3.87. The Kier molecular flexibility index (Phi) is 6.53. The van der Waals surface area contributed by atoms with Gasteiger partial charge in [-0.15, -0.1) is 16.8 Å². The first-order chi connectivity index (χ1) is 10.7. The lowest BCUT2D eigenvalue weighted by Gasteiger charge is -2.11. The molecule has 0 unspecified atom stereocenters. The predicted octanol–water partition coefficient (Wildman–Crippen LogP) is 4.21. The summed E-state index contributed by atoms with van der Waals surface area (Å²) in [7, 11) is 3.30. The summed E-state index contributed by atoms with van der Waals surface area (Å²) < 4.78 is 12.5. The van der Waals surface area contributed by atoms with Gasteiger partial charge in [0, 0.05) is 17.9 Å². The van der Waals surface area contributed by atoms with Crippen LogP contribution in [-0.4, -0.2) is 31.0 Å². The second-order valence-corrected chi connectivity index (χ2v) is 7.18. The molecule has 0 spiro atoms. The molecule has 1 aromatic heterocycles. The highest BCUT2D eigenvalue weighted by Gasteiger charge is 2.11. The quantitative estimate of drug-likeness (QED) is 0.528. The maximum atomic E-state index is 5.42. The number of rotatable bonds is 8. The van der Waals surface area contributed by atoms with E-state index in [1.807, 2.05) is 12.1 Å². The summed E-state index contributed by atoms with van der Waals surface area (Å²) in [5.41, 5.74) is 1.04. The van der Waals surface area contributed by atoms with Crippen molar-refractivity contribution in [3.63, 3.8) is 0 Å². The van der Waals surface area contributed by atoms with Gasteiger partial charge in [-0.3, -0.25) is 0 Å². The Hall–Kier alpha value is -1.25. The molecule has 0 saturated carbocycles. The van der Waals surface area contributed by atoms with Crippen molar-refractivity contribution in [1.29, 1.82) is 0 Å². The van der Waals surface area contributed by atoms with Gasteiger partial charge in [0.05, 0.1) is 18.7 Å². The van der Waals surface area contributed by atoms with Gasteiger partial charge >= 0.3 is 0 Å². The molecule has 22 heavy (non-hydrogen) atoms. The molecule has 0 atom stereocenters. The highest BCUT2D eigenvalue weighted by molar-refractivity contribution is 9.10. The average Bonchev–Trinajstić information content (AvgIpc) is 2.99. The number of halogens is 1. The van der Waals surface area contributed by atoms with Gasteiger partial charge in [0.25, 0.3) is 0 Å². The molecule has 0 bridgehead atoms. The van der Waals surface area contributed by atoms with E-state index in [4.69, 9.17) is 9.47 Å². The molecule has 2 aromatic rings. The van der Waals surface area contributed by atoms with Crippen LogP contribution >= 0.6 is 39.0 Å². The van der Waals surface area contributed by atoms with E-state index in [0.717, 1.165) is 36.8 Å². The summed E-state index contributed by atoms with van der Waals surface area (Å²) in [6.45, 7) is 4.34. The first-order valence-corrected chi connectivity index (χ1v) is 8.99. The minimum Gasteiger partial charge on any atom is -0.496 e. The van der Waals surface area contributed by atoms with Crippen molar-refractivity contribution < 1.29 is 9.47 Å². The zero-order valence-electron chi connectivity index (χ0n) is 12.3. The zero-order valence-corrected chi connectivity index (χ0v) is 15.5. The monoisotopic (exact) mass is 401 g/mol. The molecule has 118 valence electrons. The van der Waals surface area contributed by atoms with E-state index in [0.29, 0.717) is 6.54 Å². The number of nitrogens with zero attached hydrogens (tertiary/aromatic N) is 2. The van der Waals surface area contributed by atoms with Crippen LogP contribution in [-0.2, 0) is 5.75 Å². The number of anilines is 1. The highest BCUT2D eigenvalue weighted by Crippen LogP contribution is 2.36. The number of aromatic nitrogens is 2. The predicted molar refractivity (Wildman–Crippen MR) is 95.4 cm³/mol. The largest absolute Gasteiger partial charge is 0.496 e. The van der Waals surface area contributed by atoms with E-state index in [-0.39, 0.29) is 0 Å². The summed E-state index contributed by atoms with van der Waals surface area (Å²) in [5.74, 6) is 2.32. The SMILES string of the molecule is C=CCNc1nnc(SCc2cc(OC)c(Br)cc2OC)s1. The van der Waals surface area contributed by atoms with Gasteiger partial charge in [-0.2, -0.15) is 0 Å². The van der Waals surface area contributed by atoms with Crippen molar-refractivity contribution in [3.05, 3.63) is 34.8 Å². The van der Waals surface area contributed by atoms with Crippen molar-refractivity contribution in [2.45, 2.75) is 10.1 Å².